The molecule has 1 aromatic carbocycles. The molecule has 0 fully saturated rings. The molecule has 0 aliphatic rings. The molecule has 0 heterocycles. The van der Waals surface area contributed by atoms with E-state index in [2.05, 4.69) is 0 Å². The van der Waals surface area contributed by atoms with Gasteiger partial charge in [-0.1, -0.05) is 12.1 Å². The lowest BCUT2D eigenvalue weighted by Gasteiger charge is -2.22. The standard InChI is InChI=1S/C15H23NO5S/c1-4-21-14-7-5-13(6-8-14)11-16(9-10-20-2)15(17)12-22(3,18)19/h5-8H,4,9-12H2,1-3H3. The minimum atomic E-state index is -3.35. The van der Waals surface area contributed by atoms with Gasteiger partial charge < -0.3 is 14.4 Å². The van der Waals surface area contributed by atoms with Gasteiger partial charge in [0.2, 0.25) is 5.91 Å². The number of nitrogens with zero attached hydrogens (tertiary/aromatic N) is 1. The van der Waals surface area contributed by atoms with E-state index in [-0.39, 0.29) is 0 Å². The van der Waals surface area contributed by atoms with Crippen molar-refractivity contribution in [3.8, 4) is 5.75 Å². The van der Waals surface area contributed by atoms with Gasteiger partial charge in [0.1, 0.15) is 11.5 Å². The van der Waals surface area contributed by atoms with Gasteiger partial charge in [-0.3, -0.25) is 4.79 Å². The predicted octanol–water partition coefficient (Wildman–Crippen LogP) is 1.10. The van der Waals surface area contributed by atoms with Crippen LogP contribution in [-0.2, 0) is 25.9 Å². The zero-order chi connectivity index (χ0) is 16.6. The molecule has 0 saturated carbocycles. The zero-order valence-corrected chi connectivity index (χ0v) is 14.1. The predicted molar refractivity (Wildman–Crippen MR) is 84.6 cm³/mol. The molecule has 0 spiro atoms. The number of carbonyl (C=O) groups excluding carboxylic acids is 1. The molecule has 6 nitrogen and oxygen atoms in total. The monoisotopic (exact) mass is 329 g/mol. The van der Waals surface area contributed by atoms with Gasteiger partial charge >= 0.3 is 0 Å². The van der Waals surface area contributed by atoms with E-state index >= 15 is 0 Å². The number of methoxy groups -OCH3 is 1. The van der Waals surface area contributed by atoms with Crippen LogP contribution >= 0.6 is 0 Å². The van der Waals surface area contributed by atoms with Crippen LogP contribution < -0.4 is 4.74 Å². The summed E-state index contributed by atoms with van der Waals surface area (Å²) in [4.78, 5) is 13.6. The molecule has 0 N–H and O–H groups in total. The first-order valence-corrected chi connectivity index (χ1v) is 9.08. The number of hydrogen-bond donors (Lipinski definition) is 0. The van der Waals surface area contributed by atoms with Gasteiger partial charge in [-0.25, -0.2) is 8.42 Å². The highest BCUT2D eigenvalue weighted by atomic mass is 32.2. The Morgan fingerprint density at radius 1 is 1.23 bits per heavy atom. The second-order valence-electron chi connectivity index (χ2n) is 4.96. The van der Waals surface area contributed by atoms with Crippen molar-refractivity contribution >= 4 is 15.7 Å². The molecule has 0 aromatic heterocycles. The van der Waals surface area contributed by atoms with E-state index in [1.165, 1.54) is 12.0 Å². The summed E-state index contributed by atoms with van der Waals surface area (Å²) < 4.78 is 32.9. The Morgan fingerprint density at radius 2 is 1.86 bits per heavy atom. The first-order valence-electron chi connectivity index (χ1n) is 7.02. The van der Waals surface area contributed by atoms with Crippen molar-refractivity contribution in [1.82, 2.24) is 4.90 Å². The maximum absolute atomic E-state index is 12.1. The maximum atomic E-state index is 12.1. The van der Waals surface area contributed by atoms with Gasteiger partial charge in [0.15, 0.2) is 9.84 Å². The van der Waals surface area contributed by atoms with Gasteiger partial charge in [0.05, 0.1) is 13.2 Å². The summed E-state index contributed by atoms with van der Waals surface area (Å²) in [6.45, 7) is 3.53. The Labute approximate surface area is 131 Å². The Morgan fingerprint density at radius 3 is 2.36 bits per heavy atom. The van der Waals surface area contributed by atoms with Crippen LogP contribution in [0.5, 0.6) is 5.75 Å². The van der Waals surface area contributed by atoms with Gasteiger partial charge in [-0.05, 0) is 24.6 Å². The summed E-state index contributed by atoms with van der Waals surface area (Å²) in [5.41, 5.74) is 0.904. The first-order chi connectivity index (χ1) is 10.4. The van der Waals surface area contributed by atoms with Crippen LogP contribution in [0.1, 0.15) is 12.5 Å². The zero-order valence-electron chi connectivity index (χ0n) is 13.2. The summed E-state index contributed by atoms with van der Waals surface area (Å²) in [5.74, 6) is -0.154. The number of benzene rings is 1. The van der Waals surface area contributed by atoms with Gasteiger partial charge in [-0.15, -0.1) is 0 Å². The summed E-state index contributed by atoms with van der Waals surface area (Å²) >= 11 is 0. The van der Waals surface area contributed by atoms with Gasteiger partial charge in [0.25, 0.3) is 0 Å². The van der Waals surface area contributed by atoms with Crippen LogP contribution in [0.2, 0.25) is 0 Å². The lowest BCUT2D eigenvalue weighted by atomic mass is 10.2. The van der Waals surface area contributed by atoms with Crippen LogP contribution in [0.25, 0.3) is 0 Å². The summed E-state index contributed by atoms with van der Waals surface area (Å²) in [6, 6.07) is 7.37. The van der Waals surface area contributed by atoms with Gasteiger partial charge in [0, 0.05) is 26.5 Å². The first kappa shape index (κ1) is 18.4. The molecule has 0 unspecified atom stereocenters. The third-order valence-electron chi connectivity index (χ3n) is 2.91. The fraction of sp³-hybridized carbons (Fsp3) is 0.533. The van der Waals surface area contributed by atoms with Crippen molar-refractivity contribution in [2.75, 3.05) is 38.9 Å². The van der Waals surface area contributed by atoms with Crippen molar-refractivity contribution in [2.45, 2.75) is 13.5 Å². The van der Waals surface area contributed by atoms with E-state index in [4.69, 9.17) is 9.47 Å². The van der Waals surface area contributed by atoms with Crippen molar-refractivity contribution in [3.05, 3.63) is 29.8 Å². The molecule has 0 bridgehead atoms. The van der Waals surface area contributed by atoms with Crippen molar-refractivity contribution in [2.24, 2.45) is 0 Å². The summed E-state index contributed by atoms with van der Waals surface area (Å²) in [7, 11) is -1.81. The highest BCUT2D eigenvalue weighted by Gasteiger charge is 2.18. The van der Waals surface area contributed by atoms with Crippen LogP contribution in [0, 0.1) is 0 Å². The van der Waals surface area contributed by atoms with E-state index in [1.807, 2.05) is 31.2 Å². The number of amides is 1. The van der Waals surface area contributed by atoms with E-state index in [0.717, 1.165) is 17.6 Å². The molecule has 1 aromatic rings. The molecule has 0 aliphatic heterocycles. The molecular formula is C15H23NO5S. The second-order valence-corrected chi connectivity index (χ2v) is 7.10. The van der Waals surface area contributed by atoms with Crippen LogP contribution in [0.15, 0.2) is 24.3 Å². The Kier molecular flexibility index (Phi) is 7.34. The number of ether oxygens (including phenoxy) is 2. The number of hydrogen-bond acceptors (Lipinski definition) is 5. The molecule has 0 radical (unpaired) electrons. The largest absolute Gasteiger partial charge is 0.494 e. The third kappa shape index (κ3) is 6.91. The number of rotatable bonds is 9. The summed E-state index contributed by atoms with van der Waals surface area (Å²) in [5, 5.41) is 0. The van der Waals surface area contributed by atoms with Gasteiger partial charge in [-0.2, -0.15) is 0 Å². The van der Waals surface area contributed by atoms with Crippen molar-refractivity contribution < 1.29 is 22.7 Å². The Hall–Kier alpha value is -1.60. The molecule has 7 heteroatoms. The van der Waals surface area contributed by atoms with Crippen molar-refractivity contribution in [3.63, 3.8) is 0 Å². The molecule has 0 saturated heterocycles. The minimum Gasteiger partial charge on any atom is -0.494 e. The van der Waals surface area contributed by atoms with Crippen LogP contribution in [0.4, 0.5) is 0 Å². The van der Waals surface area contributed by atoms with E-state index in [9.17, 15) is 13.2 Å². The lowest BCUT2D eigenvalue weighted by Crippen LogP contribution is -2.37. The number of sulfone groups is 1. The normalized spacial score (nSPS) is 11.2. The second kappa shape index (κ2) is 8.75. The molecule has 124 valence electrons. The highest BCUT2D eigenvalue weighted by Crippen LogP contribution is 2.14. The third-order valence-corrected chi connectivity index (χ3v) is 3.68. The topological polar surface area (TPSA) is 72.9 Å². The maximum Gasteiger partial charge on any atom is 0.238 e. The molecule has 22 heavy (non-hydrogen) atoms. The van der Waals surface area contributed by atoms with Crippen molar-refractivity contribution in [1.29, 1.82) is 0 Å². The summed E-state index contributed by atoms with van der Waals surface area (Å²) in [6.07, 6.45) is 1.05. The molecular weight excluding hydrogens is 306 g/mol. The molecule has 0 aliphatic carbocycles. The average molecular weight is 329 g/mol. The molecule has 0 atom stereocenters. The smallest absolute Gasteiger partial charge is 0.238 e. The fourth-order valence-corrected chi connectivity index (χ4v) is 2.52. The average Bonchev–Trinajstić information content (AvgIpc) is 2.43. The fourth-order valence-electron chi connectivity index (χ4n) is 1.89. The van der Waals surface area contributed by atoms with Crippen LogP contribution in [0.3, 0.4) is 0 Å². The Balaban J connectivity index is 2.77. The lowest BCUT2D eigenvalue weighted by molar-refractivity contribution is -0.129. The van der Waals surface area contributed by atoms with E-state index in [1.54, 1.807) is 0 Å². The number of carbonyl (C=O) groups is 1. The minimum absolute atomic E-state index is 0.337. The quantitative estimate of drug-likeness (QED) is 0.678. The molecule has 1 amide bonds. The highest BCUT2D eigenvalue weighted by molar-refractivity contribution is 7.91. The SMILES string of the molecule is CCOc1ccc(CN(CCOC)C(=O)CS(C)(=O)=O)cc1. The van der Waals surface area contributed by atoms with E-state index in [0.29, 0.717) is 26.3 Å². The molecule has 1 rings (SSSR count). The Bertz CT molecular complexity index is 568. The van der Waals surface area contributed by atoms with Crippen LogP contribution in [-0.4, -0.2) is 58.1 Å². The van der Waals surface area contributed by atoms with E-state index < -0.39 is 21.5 Å².